The average molecular weight is 240 g/mol. The molecule has 2 unspecified atom stereocenters. The van der Waals surface area contributed by atoms with E-state index in [4.69, 9.17) is 4.74 Å². The van der Waals surface area contributed by atoms with Crippen molar-refractivity contribution >= 4 is 0 Å². The van der Waals surface area contributed by atoms with E-state index in [1.807, 2.05) is 10.9 Å². The molecule has 1 heterocycles. The van der Waals surface area contributed by atoms with Crippen molar-refractivity contribution in [1.82, 2.24) is 9.78 Å². The standard InChI is InChI=1S/C13H24N2O2/c1-6-7-15-9-10(8-14-15)11(16)12(17-5)13(2,3)4/h8-9,11-12,16H,6-7H2,1-5H3. The Kier molecular flexibility index (Phi) is 4.71. The fourth-order valence-electron chi connectivity index (χ4n) is 2.01. The highest BCUT2D eigenvalue weighted by molar-refractivity contribution is 5.11. The van der Waals surface area contributed by atoms with E-state index < -0.39 is 6.10 Å². The lowest BCUT2D eigenvalue weighted by Gasteiger charge is -2.32. The topological polar surface area (TPSA) is 47.3 Å². The summed E-state index contributed by atoms with van der Waals surface area (Å²) < 4.78 is 7.27. The molecule has 0 radical (unpaired) electrons. The van der Waals surface area contributed by atoms with Crippen LogP contribution in [0, 0.1) is 5.41 Å². The summed E-state index contributed by atoms with van der Waals surface area (Å²) in [6, 6.07) is 0. The zero-order valence-corrected chi connectivity index (χ0v) is 11.5. The van der Waals surface area contributed by atoms with Crippen LogP contribution in [0.4, 0.5) is 0 Å². The van der Waals surface area contributed by atoms with Gasteiger partial charge in [0, 0.05) is 25.4 Å². The van der Waals surface area contributed by atoms with Crippen LogP contribution in [0.5, 0.6) is 0 Å². The molecule has 0 aliphatic carbocycles. The summed E-state index contributed by atoms with van der Waals surface area (Å²) in [4.78, 5) is 0. The number of aliphatic hydroxyl groups is 1. The van der Waals surface area contributed by atoms with Gasteiger partial charge in [0.05, 0.1) is 12.3 Å². The number of aromatic nitrogens is 2. The molecule has 0 amide bonds. The quantitative estimate of drug-likeness (QED) is 0.859. The van der Waals surface area contributed by atoms with Gasteiger partial charge >= 0.3 is 0 Å². The van der Waals surface area contributed by atoms with Crippen LogP contribution in [-0.2, 0) is 11.3 Å². The molecular weight excluding hydrogens is 216 g/mol. The minimum atomic E-state index is -0.634. The van der Waals surface area contributed by atoms with Crippen molar-refractivity contribution in [3.8, 4) is 0 Å². The third-order valence-electron chi connectivity index (χ3n) is 2.84. The molecule has 0 aliphatic heterocycles. The molecule has 4 heteroatoms. The summed E-state index contributed by atoms with van der Waals surface area (Å²) >= 11 is 0. The Hall–Kier alpha value is -0.870. The molecule has 0 bridgehead atoms. The number of hydrogen-bond donors (Lipinski definition) is 1. The van der Waals surface area contributed by atoms with E-state index in [1.54, 1.807) is 13.3 Å². The molecule has 2 atom stereocenters. The number of ether oxygens (including phenoxy) is 1. The van der Waals surface area contributed by atoms with Gasteiger partial charge < -0.3 is 9.84 Å². The van der Waals surface area contributed by atoms with Crippen LogP contribution in [0.1, 0.15) is 45.8 Å². The number of rotatable bonds is 5. The Labute approximate surface area is 104 Å². The van der Waals surface area contributed by atoms with E-state index in [9.17, 15) is 5.11 Å². The maximum absolute atomic E-state index is 10.3. The van der Waals surface area contributed by atoms with Gasteiger partial charge in [0.1, 0.15) is 6.10 Å². The molecule has 1 aromatic rings. The van der Waals surface area contributed by atoms with Gasteiger partial charge in [-0.15, -0.1) is 0 Å². The van der Waals surface area contributed by atoms with E-state index >= 15 is 0 Å². The van der Waals surface area contributed by atoms with E-state index in [0.717, 1.165) is 18.5 Å². The Balaban J connectivity index is 2.82. The summed E-state index contributed by atoms with van der Waals surface area (Å²) in [5, 5.41) is 14.5. The summed E-state index contributed by atoms with van der Waals surface area (Å²) in [6.45, 7) is 9.15. The molecule has 98 valence electrons. The first-order valence-corrected chi connectivity index (χ1v) is 6.13. The van der Waals surface area contributed by atoms with Gasteiger partial charge in [0.25, 0.3) is 0 Å². The Morgan fingerprint density at radius 2 is 2.12 bits per heavy atom. The highest BCUT2D eigenvalue weighted by atomic mass is 16.5. The van der Waals surface area contributed by atoms with Crippen molar-refractivity contribution in [3.05, 3.63) is 18.0 Å². The number of aryl methyl sites for hydroxylation is 1. The maximum Gasteiger partial charge on any atom is 0.109 e. The zero-order valence-electron chi connectivity index (χ0n) is 11.5. The lowest BCUT2D eigenvalue weighted by atomic mass is 9.84. The summed E-state index contributed by atoms with van der Waals surface area (Å²) in [6.07, 6.45) is 3.78. The van der Waals surface area contributed by atoms with Crippen LogP contribution in [0.15, 0.2) is 12.4 Å². The van der Waals surface area contributed by atoms with Crippen molar-refractivity contribution in [3.63, 3.8) is 0 Å². The van der Waals surface area contributed by atoms with Gasteiger partial charge in [-0.2, -0.15) is 5.10 Å². The van der Waals surface area contributed by atoms with Gasteiger partial charge in [-0.05, 0) is 11.8 Å². The molecule has 0 fully saturated rings. The lowest BCUT2D eigenvalue weighted by Crippen LogP contribution is -2.34. The Morgan fingerprint density at radius 3 is 2.59 bits per heavy atom. The molecule has 1 N–H and O–H groups in total. The van der Waals surface area contributed by atoms with Crippen molar-refractivity contribution in [2.75, 3.05) is 7.11 Å². The van der Waals surface area contributed by atoms with Gasteiger partial charge in [-0.25, -0.2) is 0 Å². The van der Waals surface area contributed by atoms with Crippen LogP contribution >= 0.6 is 0 Å². The first kappa shape index (κ1) is 14.2. The predicted octanol–water partition coefficient (Wildman–Crippen LogP) is 2.39. The molecule has 1 rings (SSSR count). The van der Waals surface area contributed by atoms with E-state index in [0.29, 0.717) is 0 Å². The van der Waals surface area contributed by atoms with Crippen LogP contribution in [0.3, 0.4) is 0 Å². The smallest absolute Gasteiger partial charge is 0.109 e. The Bertz CT molecular complexity index is 341. The van der Waals surface area contributed by atoms with Crippen LogP contribution in [0.25, 0.3) is 0 Å². The van der Waals surface area contributed by atoms with E-state index in [1.165, 1.54) is 0 Å². The van der Waals surface area contributed by atoms with Crippen molar-refractivity contribution in [1.29, 1.82) is 0 Å². The molecule has 0 saturated heterocycles. The highest BCUT2D eigenvalue weighted by Gasteiger charge is 2.32. The third kappa shape index (κ3) is 3.54. The van der Waals surface area contributed by atoms with E-state index in [-0.39, 0.29) is 11.5 Å². The van der Waals surface area contributed by atoms with E-state index in [2.05, 4.69) is 32.8 Å². The summed E-state index contributed by atoms with van der Waals surface area (Å²) in [5.74, 6) is 0. The molecule has 4 nitrogen and oxygen atoms in total. The van der Waals surface area contributed by atoms with Gasteiger partial charge in [-0.1, -0.05) is 27.7 Å². The summed E-state index contributed by atoms with van der Waals surface area (Å²) in [7, 11) is 1.63. The lowest BCUT2D eigenvalue weighted by molar-refractivity contribution is -0.0724. The monoisotopic (exact) mass is 240 g/mol. The molecule has 1 aromatic heterocycles. The van der Waals surface area contributed by atoms with Crippen LogP contribution in [-0.4, -0.2) is 28.1 Å². The first-order valence-electron chi connectivity index (χ1n) is 6.13. The first-order chi connectivity index (χ1) is 7.90. The zero-order chi connectivity index (χ0) is 13.1. The number of methoxy groups -OCH3 is 1. The van der Waals surface area contributed by atoms with Crippen molar-refractivity contribution < 1.29 is 9.84 Å². The van der Waals surface area contributed by atoms with Gasteiger partial charge in [0.2, 0.25) is 0 Å². The number of nitrogens with zero attached hydrogens (tertiary/aromatic N) is 2. The van der Waals surface area contributed by atoms with Crippen molar-refractivity contribution in [2.24, 2.45) is 5.41 Å². The molecule has 0 saturated carbocycles. The SMILES string of the molecule is CCCn1cc(C(O)C(OC)C(C)(C)C)cn1. The largest absolute Gasteiger partial charge is 0.386 e. The molecule has 0 spiro atoms. The predicted molar refractivity (Wildman–Crippen MR) is 67.7 cm³/mol. The van der Waals surface area contributed by atoms with Crippen LogP contribution < -0.4 is 0 Å². The minimum Gasteiger partial charge on any atom is -0.386 e. The number of aliphatic hydroxyl groups excluding tert-OH is 1. The minimum absolute atomic E-state index is 0.110. The van der Waals surface area contributed by atoms with Gasteiger partial charge in [0.15, 0.2) is 0 Å². The fraction of sp³-hybridized carbons (Fsp3) is 0.769. The average Bonchev–Trinajstić information content (AvgIpc) is 2.65. The second-order valence-corrected chi connectivity index (χ2v) is 5.50. The third-order valence-corrected chi connectivity index (χ3v) is 2.84. The Morgan fingerprint density at radius 1 is 1.47 bits per heavy atom. The molecule has 0 aromatic carbocycles. The fourth-order valence-corrected chi connectivity index (χ4v) is 2.01. The number of hydrogen-bond acceptors (Lipinski definition) is 3. The second kappa shape index (κ2) is 5.65. The molecule has 0 aliphatic rings. The molecule has 17 heavy (non-hydrogen) atoms. The maximum atomic E-state index is 10.3. The summed E-state index contributed by atoms with van der Waals surface area (Å²) in [5.41, 5.74) is 0.710. The van der Waals surface area contributed by atoms with Crippen molar-refractivity contribution in [2.45, 2.75) is 52.9 Å². The normalized spacial score (nSPS) is 15.9. The second-order valence-electron chi connectivity index (χ2n) is 5.50. The van der Waals surface area contributed by atoms with Gasteiger partial charge in [-0.3, -0.25) is 4.68 Å². The van der Waals surface area contributed by atoms with Crippen LogP contribution in [0.2, 0.25) is 0 Å². The molecular formula is C13H24N2O2. The highest BCUT2D eigenvalue weighted by Crippen LogP contribution is 2.32.